The van der Waals surface area contributed by atoms with Crippen molar-refractivity contribution >= 4 is 28.8 Å². The summed E-state index contributed by atoms with van der Waals surface area (Å²) in [4.78, 5) is 19.0. The summed E-state index contributed by atoms with van der Waals surface area (Å²) in [5.74, 6) is 1.95. The molecule has 2 aromatic heterocycles. The zero-order chi connectivity index (χ0) is 26.2. The Morgan fingerprint density at radius 2 is 1.89 bits per heavy atom. The largest absolute Gasteiger partial charge is 0.399 e. The molecule has 8 nitrogen and oxygen atoms in total. The number of hydrogen-bond acceptors (Lipinski definition) is 8. The number of nitrogens with one attached hydrogen (secondary N) is 1. The highest BCUT2D eigenvalue weighted by Gasteiger charge is 2.42. The molecule has 1 unspecified atom stereocenters. The van der Waals surface area contributed by atoms with Gasteiger partial charge in [0.05, 0.1) is 24.1 Å². The van der Waals surface area contributed by atoms with Crippen LogP contribution >= 0.6 is 0 Å². The van der Waals surface area contributed by atoms with Crippen LogP contribution in [0.4, 0.5) is 28.8 Å². The van der Waals surface area contributed by atoms with Crippen LogP contribution in [0.25, 0.3) is 0 Å². The molecule has 3 N–H and O–H groups in total. The van der Waals surface area contributed by atoms with Gasteiger partial charge < -0.3 is 25.6 Å². The number of pyridine rings is 1. The van der Waals surface area contributed by atoms with Crippen molar-refractivity contribution in [3.8, 4) is 0 Å². The van der Waals surface area contributed by atoms with Gasteiger partial charge in [-0.2, -0.15) is 4.98 Å². The molecule has 2 aliphatic heterocycles. The fourth-order valence-corrected chi connectivity index (χ4v) is 5.13. The molecule has 8 heteroatoms. The van der Waals surface area contributed by atoms with Gasteiger partial charge >= 0.3 is 0 Å². The second-order valence-corrected chi connectivity index (χ2v) is 11.7. The van der Waals surface area contributed by atoms with Crippen LogP contribution in [0.3, 0.4) is 0 Å². The van der Waals surface area contributed by atoms with Crippen LogP contribution in [-0.4, -0.2) is 58.7 Å². The summed E-state index contributed by atoms with van der Waals surface area (Å²) in [6.45, 7) is 12.0. The molecular formula is C29H39N7O. The van der Waals surface area contributed by atoms with E-state index in [1.807, 2.05) is 30.6 Å². The van der Waals surface area contributed by atoms with Gasteiger partial charge in [-0.3, -0.25) is 4.98 Å². The smallest absolute Gasteiger partial charge is 0.229 e. The van der Waals surface area contributed by atoms with E-state index in [2.05, 4.69) is 73.0 Å². The number of likely N-dealkylation sites (tertiary alicyclic amines) is 1. The maximum atomic E-state index is 6.24. The summed E-state index contributed by atoms with van der Waals surface area (Å²) in [6, 6.07) is 12.1. The number of nitrogens with two attached hydrogens (primary N) is 1. The number of nitrogen functional groups attached to an aromatic ring is 1. The molecule has 1 fully saturated rings. The first kappa shape index (κ1) is 25.4. The highest BCUT2D eigenvalue weighted by molar-refractivity contribution is 5.72. The molecule has 2 aliphatic rings. The molecule has 0 radical (unpaired) electrons. The van der Waals surface area contributed by atoms with E-state index in [1.165, 1.54) is 0 Å². The predicted molar refractivity (Wildman–Crippen MR) is 150 cm³/mol. The number of aromatic nitrogens is 3. The molecule has 5 rings (SSSR count). The topological polar surface area (TPSA) is 92.4 Å². The second-order valence-electron chi connectivity index (χ2n) is 11.7. The van der Waals surface area contributed by atoms with E-state index in [4.69, 9.17) is 20.4 Å². The molecule has 37 heavy (non-hydrogen) atoms. The van der Waals surface area contributed by atoms with E-state index in [-0.39, 0.29) is 11.0 Å². The Morgan fingerprint density at radius 1 is 1.11 bits per heavy atom. The van der Waals surface area contributed by atoms with Crippen molar-refractivity contribution in [3.63, 3.8) is 0 Å². The molecule has 3 aromatic rings. The minimum absolute atomic E-state index is 0.233. The van der Waals surface area contributed by atoms with E-state index in [1.54, 1.807) is 0 Å². The Morgan fingerprint density at radius 3 is 2.57 bits per heavy atom. The Hall–Kier alpha value is -3.23. The monoisotopic (exact) mass is 501 g/mol. The zero-order valence-electron chi connectivity index (χ0n) is 22.7. The molecule has 0 saturated carbocycles. The van der Waals surface area contributed by atoms with Crippen LogP contribution in [0.15, 0.2) is 48.8 Å². The van der Waals surface area contributed by atoms with E-state index >= 15 is 0 Å². The standard InChI is InChI=1S/C29H39N7O/c1-28(2,3)37-19-29(4)18-36(23-8-6-7-21(30)15-23)26-24(29)17-32-27(34-26)33-22-9-10-25(31-16-22)20-11-13-35(5)14-12-20/h6-10,15-17,20H,11-14,18-19,30H2,1-5H3,(H,32,33,34). The van der Waals surface area contributed by atoms with Crippen molar-refractivity contribution in [1.29, 1.82) is 0 Å². The highest BCUT2D eigenvalue weighted by atomic mass is 16.5. The van der Waals surface area contributed by atoms with Gasteiger partial charge in [-0.05, 0) is 84.1 Å². The summed E-state index contributed by atoms with van der Waals surface area (Å²) in [5.41, 5.74) is 10.5. The zero-order valence-corrected chi connectivity index (χ0v) is 22.7. The van der Waals surface area contributed by atoms with Crippen molar-refractivity contribution in [2.75, 3.05) is 49.2 Å². The maximum Gasteiger partial charge on any atom is 0.229 e. The fraction of sp³-hybridized carbons (Fsp3) is 0.483. The number of benzene rings is 1. The summed E-state index contributed by atoms with van der Waals surface area (Å²) in [6.07, 6.45) is 6.13. The predicted octanol–water partition coefficient (Wildman–Crippen LogP) is 5.23. The fourth-order valence-electron chi connectivity index (χ4n) is 5.13. The Kier molecular flexibility index (Phi) is 6.81. The molecule has 1 saturated heterocycles. The minimum Gasteiger partial charge on any atom is -0.399 e. The molecule has 1 atom stereocenters. The summed E-state index contributed by atoms with van der Waals surface area (Å²) < 4.78 is 6.24. The third-order valence-corrected chi connectivity index (χ3v) is 7.37. The SMILES string of the molecule is CN1CCC(c2ccc(Nc3ncc4c(n3)N(c3cccc(N)c3)CC4(C)COC(C)(C)C)cn2)CC1. The van der Waals surface area contributed by atoms with Crippen LogP contribution in [0, 0.1) is 0 Å². The molecule has 4 heterocycles. The van der Waals surface area contributed by atoms with Gasteiger partial charge in [-0.15, -0.1) is 0 Å². The molecule has 0 spiro atoms. The lowest BCUT2D eigenvalue weighted by Crippen LogP contribution is -2.36. The number of piperidine rings is 1. The van der Waals surface area contributed by atoms with Gasteiger partial charge in [0.2, 0.25) is 5.95 Å². The van der Waals surface area contributed by atoms with E-state index in [0.29, 0.717) is 18.5 Å². The first-order chi connectivity index (χ1) is 17.6. The number of fused-ring (bicyclic) bond motifs is 1. The van der Waals surface area contributed by atoms with Crippen molar-refractivity contribution < 1.29 is 4.74 Å². The van der Waals surface area contributed by atoms with Crippen LogP contribution in [0.1, 0.15) is 57.7 Å². The average Bonchev–Trinajstić information content (AvgIpc) is 3.16. The Balaban J connectivity index is 1.40. The van der Waals surface area contributed by atoms with Crippen LogP contribution in [0.5, 0.6) is 0 Å². The number of nitrogens with zero attached hydrogens (tertiary/aromatic N) is 5. The first-order valence-electron chi connectivity index (χ1n) is 13.2. The molecule has 196 valence electrons. The summed E-state index contributed by atoms with van der Waals surface area (Å²) in [7, 11) is 2.18. The number of ether oxygens (including phenoxy) is 1. The quantitative estimate of drug-likeness (QED) is 0.444. The van der Waals surface area contributed by atoms with Gasteiger partial charge in [0.15, 0.2) is 0 Å². The van der Waals surface area contributed by atoms with Crippen molar-refractivity contribution in [2.24, 2.45) is 0 Å². The Bertz CT molecular complexity index is 1230. The highest BCUT2D eigenvalue weighted by Crippen LogP contribution is 2.44. The van der Waals surface area contributed by atoms with Gasteiger partial charge in [0.1, 0.15) is 5.82 Å². The van der Waals surface area contributed by atoms with Gasteiger partial charge in [0.25, 0.3) is 0 Å². The number of rotatable bonds is 6. The van der Waals surface area contributed by atoms with Crippen LogP contribution in [-0.2, 0) is 10.2 Å². The average molecular weight is 502 g/mol. The molecule has 1 aromatic carbocycles. The van der Waals surface area contributed by atoms with E-state index in [9.17, 15) is 0 Å². The van der Waals surface area contributed by atoms with E-state index < -0.39 is 0 Å². The summed E-state index contributed by atoms with van der Waals surface area (Å²) in [5, 5.41) is 3.36. The third kappa shape index (κ3) is 5.70. The van der Waals surface area contributed by atoms with Crippen molar-refractivity contribution in [1.82, 2.24) is 19.9 Å². The second kappa shape index (κ2) is 9.91. The van der Waals surface area contributed by atoms with Gasteiger partial charge in [-0.1, -0.05) is 13.0 Å². The lowest BCUT2D eigenvalue weighted by Gasteiger charge is -2.30. The minimum atomic E-state index is -0.261. The summed E-state index contributed by atoms with van der Waals surface area (Å²) >= 11 is 0. The number of anilines is 5. The van der Waals surface area contributed by atoms with E-state index in [0.717, 1.165) is 66.6 Å². The maximum absolute atomic E-state index is 6.24. The number of hydrogen-bond donors (Lipinski definition) is 2. The van der Waals surface area contributed by atoms with Crippen LogP contribution in [0.2, 0.25) is 0 Å². The molecule has 0 aliphatic carbocycles. The lowest BCUT2D eigenvalue weighted by molar-refractivity contribution is -0.0252. The van der Waals surface area contributed by atoms with Crippen molar-refractivity contribution in [3.05, 3.63) is 60.0 Å². The van der Waals surface area contributed by atoms with Crippen LogP contribution < -0.4 is 16.0 Å². The normalized spacial score (nSPS) is 20.7. The van der Waals surface area contributed by atoms with Gasteiger partial charge in [0, 0.05) is 46.7 Å². The third-order valence-electron chi connectivity index (χ3n) is 7.37. The Labute approximate surface area is 220 Å². The lowest BCUT2D eigenvalue weighted by atomic mass is 9.87. The molecule has 0 bridgehead atoms. The molecule has 0 amide bonds. The molecular weight excluding hydrogens is 462 g/mol. The van der Waals surface area contributed by atoms with Crippen molar-refractivity contribution in [2.45, 2.75) is 57.5 Å². The first-order valence-corrected chi connectivity index (χ1v) is 13.2. The van der Waals surface area contributed by atoms with Gasteiger partial charge in [-0.25, -0.2) is 4.98 Å².